The third-order valence-electron chi connectivity index (χ3n) is 5.27. The smallest absolute Gasteiger partial charge is 0.276 e. The molecule has 0 fully saturated rings. The summed E-state index contributed by atoms with van der Waals surface area (Å²) in [6, 6.07) is 0. The number of Topliss-reactive ketones (excluding diaryl/α,β-unsaturated/α-hetero) is 1. The molecule has 136 valence electrons. The third kappa shape index (κ3) is 2.38. The molecule has 0 radical (unpaired) electrons. The van der Waals surface area contributed by atoms with E-state index in [0.717, 1.165) is 26.7 Å². The molecule has 6 nitrogen and oxygen atoms in total. The summed E-state index contributed by atoms with van der Waals surface area (Å²) >= 11 is 1.52. The first-order valence-corrected chi connectivity index (χ1v) is 9.14. The lowest BCUT2D eigenvalue weighted by Crippen LogP contribution is -2.06. The molecular weight excluding hydrogens is 350 g/mol. The van der Waals surface area contributed by atoms with Crippen LogP contribution in [-0.2, 0) is 0 Å². The summed E-state index contributed by atoms with van der Waals surface area (Å²) in [5.41, 5.74) is 5.79. The summed E-state index contributed by atoms with van der Waals surface area (Å²) in [5.74, 6) is -0.104. The van der Waals surface area contributed by atoms with Gasteiger partial charge in [-0.15, -0.1) is 11.3 Å². The predicted octanol–water partition coefficient (Wildman–Crippen LogP) is 5.02. The lowest BCUT2D eigenvalue weighted by Gasteiger charge is -2.15. The van der Waals surface area contributed by atoms with Gasteiger partial charge in [0.1, 0.15) is 11.4 Å². The Bertz CT molecular complexity index is 1110. The summed E-state index contributed by atoms with van der Waals surface area (Å²) < 4.78 is 1.87. The van der Waals surface area contributed by atoms with Gasteiger partial charge in [0.25, 0.3) is 5.69 Å². The van der Waals surface area contributed by atoms with Gasteiger partial charge >= 0.3 is 0 Å². The minimum absolute atomic E-state index is 0.0989. The predicted molar refractivity (Wildman–Crippen MR) is 104 cm³/mol. The summed E-state index contributed by atoms with van der Waals surface area (Å²) in [6.45, 7) is 12.8. The Balaban J connectivity index is 2.51. The van der Waals surface area contributed by atoms with Gasteiger partial charge in [0, 0.05) is 34.2 Å². The Hall–Kier alpha value is -2.54. The molecule has 7 heteroatoms. The van der Waals surface area contributed by atoms with Crippen LogP contribution in [0.5, 0.6) is 0 Å². The molecule has 0 spiro atoms. The number of ketones is 1. The van der Waals surface area contributed by atoms with Crippen LogP contribution in [0.3, 0.4) is 0 Å². The van der Waals surface area contributed by atoms with E-state index in [1.807, 2.05) is 32.1 Å². The first kappa shape index (κ1) is 18.3. The van der Waals surface area contributed by atoms with E-state index >= 15 is 0 Å². The van der Waals surface area contributed by atoms with E-state index in [0.29, 0.717) is 28.1 Å². The van der Waals surface area contributed by atoms with E-state index in [2.05, 4.69) is 0 Å². The summed E-state index contributed by atoms with van der Waals surface area (Å²) in [5, 5.41) is 11.6. The van der Waals surface area contributed by atoms with Crippen molar-refractivity contribution in [2.45, 2.75) is 48.5 Å². The fourth-order valence-electron chi connectivity index (χ4n) is 3.60. The van der Waals surface area contributed by atoms with E-state index < -0.39 is 0 Å². The van der Waals surface area contributed by atoms with E-state index in [9.17, 15) is 14.9 Å². The Morgan fingerprint density at radius 2 is 1.65 bits per heavy atom. The molecule has 0 bridgehead atoms. The summed E-state index contributed by atoms with van der Waals surface area (Å²) in [4.78, 5) is 30.3. The van der Waals surface area contributed by atoms with Crippen LogP contribution in [0.2, 0.25) is 0 Å². The molecule has 0 aliphatic heterocycles. The molecule has 0 unspecified atom stereocenters. The minimum Gasteiger partial charge on any atom is -0.293 e. The van der Waals surface area contributed by atoms with E-state index in [1.165, 1.54) is 18.3 Å². The molecule has 3 aromatic rings. The highest BCUT2D eigenvalue weighted by Gasteiger charge is 2.29. The van der Waals surface area contributed by atoms with Gasteiger partial charge in [-0.3, -0.25) is 19.3 Å². The number of nitro benzene ring substituents is 1. The molecule has 0 saturated carbocycles. The zero-order valence-corrected chi connectivity index (χ0v) is 16.8. The van der Waals surface area contributed by atoms with Crippen LogP contribution >= 0.6 is 11.3 Å². The van der Waals surface area contributed by atoms with Gasteiger partial charge in [-0.1, -0.05) is 0 Å². The number of rotatable bonds is 3. The molecule has 0 aliphatic rings. The second kappa shape index (κ2) is 6.02. The first-order valence-electron chi connectivity index (χ1n) is 8.32. The standard InChI is InChI=1S/C19H21N3O3S/c1-8-9(2)15(11(4)17(10(8)3)22(24)25)16-18(13(6)23)21-12(5)14(7)26-19(21)20-16/h1-7H3. The Labute approximate surface area is 155 Å². The summed E-state index contributed by atoms with van der Waals surface area (Å²) in [6.07, 6.45) is 0. The number of benzene rings is 1. The van der Waals surface area contributed by atoms with Crippen molar-refractivity contribution in [3.05, 3.63) is 48.6 Å². The van der Waals surface area contributed by atoms with Gasteiger partial charge < -0.3 is 0 Å². The molecular formula is C19H21N3O3S. The SMILES string of the molecule is CC(=O)c1c(-c2c(C)c(C)c(C)c([N+](=O)[O-])c2C)nc2sc(C)c(C)n12. The number of carbonyl (C=O) groups excluding carboxylic acids is 1. The molecule has 0 atom stereocenters. The monoisotopic (exact) mass is 371 g/mol. The van der Waals surface area contributed by atoms with E-state index in [4.69, 9.17) is 4.98 Å². The number of fused-ring (bicyclic) bond motifs is 1. The largest absolute Gasteiger partial charge is 0.293 e. The molecule has 3 rings (SSSR count). The van der Waals surface area contributed by atoms with Crippen molar-refractivity contribution in [3.63, 3.8) is 0 Å². The number of aromatic nitrogens is 2. The highest BCUT2D eigenvalue weighted by molar-refractivity contribution is 7.17. The highest BCUT2D eigenvalue weighted by atomic mass is 32.1. The van der Waals surface area contributed by atoms with E-state index in [-0.39, 0.29) is 16.4 Å². The number of hydrogen-bond donors (Lipinski definition) is 0. The van der Waals surface area contributed by atoms with Crippen molar-refractivity contribution >= 4 is 27.8 Å². The van der Waals surface area contributed by atoms with Crippen molar-refractivity contribution in [2.75, 3.05) is 0 Å². The van der Waals surface area contributed by atoms with Crippen molar-refractivity contribution in [1.29, 1.82) is 0 Å². The maximum Gasteiger partial charge on any atom is 0.276 e. The topological polar surface area (TPSA) is 77.5 Å². The normalized spacial score (nSPS) is 11.3. The van der Waals surface area contributed by atoms with Crippen molar-refractivity contribution < 1.29 is 9.72 Å². The fraction of sp³-hybridized carbons (Fsp3) is 0.368. The number of aryl methyl sites for hydroxylation is 2. The second-order valence-electron chi connectivity index (χ2n) is 6.71. The second-order valence-corrected chi connectivity index (χ2v) is 7.89. The fourth-order valence-corrected chi connectivity index (χ4v) is 4.57. The minimum atomic E-state index is -0.345. The third-order valence-corrected chi connectivity index (χ3v) is 6.33. The van der Waals surface area contributed by atoms with Gasteiger partial charge in [-0.25, -0.2) is 4.98 Å². The van der Waals surface area contributed by atoms with Crippen LogP contribution in [0.25, 0.3) is 16.2 Å². The quantitative estimate of drug-likeness (QED) is 0.368. The number of hydrogen-bond acceptors (Lipinski definition) is 5. The Morgan fingerprint density at radius 1 is 1.04 bits per heavy atom. The number of nitro groups is 1. The van der Waals surface area contributed by atoms with Gasteiger partial charge in [0.15, 0.2) is 10.7 Å². The van der Waals surface area contributed by atoms with Crippen LogP contribution in [0.4, 0.5) is 5.69 Å². The van der Waals surface area contributed by atoms with Crippen LogP contribution < -0.4 is 0 Å². The van der Waals surface area contributed by atoms with Crippen molar-refractivity contribution in [3.8, 4) is 11.3 Å². The molecule has 26 heavy (non-hydrogen) atoms. The molecule has 0 aliphatic carbocycles. The van der Waals surface area contributed by atoms with Crippen molar-refractivity contribution in [1.82, 2.24) is 9.38 Å². The lowest BCUT2D eigenvalue weighted by molar-refractivity contribution is -0.386. The maximum absolute atomic E-state index is 12.5. The van der Waals surface area contributed by atoms with Gasteiger partial charge in [-0.2, -0.15) is 0 Å². The Kier molecular flexibility index (Phi) is 4.23. The maximum atomic E-state index is 12.5. The van der Waals surface area contributed by atoms with Crippen LogP contribution in [0.1, 0.15) is 50.2 Å². The number of thiazole rings is 1. The van der Waals surface area contributed by atoms with Gasteiger partial charge in [-0.05, 0) is 52.7 Å². The average molecular weight is 371 g/mol. The van der Waals surface area contributed by atoms with Crippen LogP contribution in [0.15, 0.2) is 0 Å². The molecule has 2 heterocycles. The zero-order chi connectivity index (χ0) is 19.5. The van der Waals surface area contributed by atoms with Crippen molar-refractivity contribution in [2.24, 2.45) is 0 Å². The molecule has 1 aromatic carbocycles. The molecule has 0 N–H and O–H groups in total. The Morgan fingerprint density at radius 3 is 2.19 bits per heavy atom. The molecule has 0 amide bonds. The van der Waals surface area contributed by atoms with E-state index in [1.54, 1.807) is 13.8 Å². The number of imidazole rings is 1. The first-order chi connectivity index (χ1) is 12.1. The number of nitrogens with zero attached hydrogens (tertiary/aromatic N) is 3. The molecule has 0 saturated heterocycles. The summed E-state index contributed by atoms with van der Waals surface area (Å²) in [7, 11) is 0. The number of carbonyl (C=O) groups is 1. The van der Waals surface area contributed by atoms with Crippen LogP contribution in [-0.4, -0.2) is 20.1 Å². The van der Waals surface area contributed by atoms with Crippen LogP contribution in [0, 0.1) is 51.7 Å². The van der Waals surface area contributed by atoms with Gasteiger partial charge in [0.2, 0.25) is 0 Å². The van der Waals surface area contributed by atoms with Gasteiger partial charge in [0.05, 0.1) is 4.92 Å². The molecule has 2 aromatic heterocycles. The zero-order valence-electron chi connectivity index (χ0n) is 16.0. The highest BCUT2D eigenvalue weighted by Crippen LogP contribution is 2.40. The lowest BCUT2D eigenvalue weighted by atomic mass is 9.89. The average Bonchev–Trinajstić information content (AvgIpc) is 3.02.